The van der Waals surface area contributed by atoms with E-state index in [4.69, 9.17) is 6.42 Å². The van der Waals surface area contributed by atoms with Crippen LogP contribution in [-0.2, 0) is 5.60 Å². The number of benzene rings is 1. The molecule has 0 heterocycles. The Morgan fingerprint density at radius 1 is 1.53 bits per heavy atom. The van der Waals surface area contributed by atoms with E-state index in [1.54, 1.807) is 6.92 Å². The van der Waals surface area contributed by atoms with Gasteiger partial charge in [0, 0.05) is 18.6 Å². The fourth-order valence-electron chi connectivity index (χ4n) is 1.24. The van der Waals surface area contributed by atoms with Crippen molar-refractivity contribution in [2.24, 2.45) is 0 Å². The molecule has 0 fully saturated rings. The summed E-state index contributed by atoms with van der Waals surface area (Å²) in [5.41, 5.74) is -0.564. The molecule has 0 aliphatic carbocycles. The minimum atomic E-state index is -1.14. The Hall–Kier alpha value is -1.86. The molecule has 15 heavy (non-hydrogen) atoms. The lowest BCUT2D eigenvalue weighted by Crippen LogP contribution is -2.19. The van der Waals surface area contributed by atoms with Gasteiger partial charge in [-0.1, -0.05) is 0 Å². The zero-order valence-corrected chi connectivity index (χ0v) is 8.30. The molecule has 1 N–H and O–H groups in total. The van der Waals surface area contributed by atoms with Crippen LogP contribution in [0.5, 0.6) is 0 Å². The second-order valence-corrected chi connectivity index (χ2v) is 3.46. The quantitative estimate of drug-likeness (QED) is 0.465. The van der Waals surface area contributed by atoms with Gasteiger partial charge in [-0.25, -0.2) is 0 Å². The third kappa shape index (κ3) is 2.55. The number of nitro groups is 1. The summed E-state index contributed by atoms with van der Waals surface area (Å²) in [5, 5.41) is 20.3. The summed E-state index contributed by atoms with van der Waals surface area (Å²) in [6, 6.07) is 5.71. The first-order valence-electron chi connectivity index (χ1n) is 4.38. The van der Waals surface area contributed by atoms with Gasteiger partial charge in [-0.05, 0) is 24.6 Å². The number of aliphatic hydroxyl groups is 1. The average Bonchev–Trinajstić information content (AvgIpc) is 2.18. The largest absolute Gasteiger partial charge is 0.384 e. The van der Waals surface area contributed by atoms with Crippen LogP contribution in [-0.4, -0.2) is 10.0 Å². The van der Waals surface area contributed by atoms with Gasteiger partial charge in [-0.2, -0.15) is 0 Å². The maximum Gasteiger partial charge on any atom is 0.269 e. The van der Waals surface area contributed by atoms with Gasteiger partial charge in [-0.15, -0.1) is 12.3 Å². The second-order valence-electron chi connectivity index (χ2n) is 3.46. The summed E-state index contributed by atoms with van der Waals surface area (Å²) >= 11 is 0. The molecule has 1 aromatic rings. The predicted octanol–water partition coefficient (Wildman–Crippen LogP) is 1.83. The molecule has 1 atom stereocenters. The van der Waals surface area contributed by atoms with E-state index in [2.05, 4.69) is 5.92 Å². The number of nitro benzene ring substituents is 1. The van der Waals surface area contributed by atoms with Crippen molar-refractivity contribution in [3.63, 3.8) is 0 Å². The molecule has 78 valence electrons. The molecule has 0 saturated carbocycles. The van der Waals surface area contributed by atoms with Crippen LogP contribution in [0.1, 0.15) is 18.9 Å². The minimum absolute atomic E-state index is 0.00439. The van der Waals surface area contributed by atoms with Crippen LogP contribution in [0.4, 0.5) is 5.69 Å². The number of hydrogen-bond donors (Lipinski definition) is 1. The normalized spacial score (nSPS) is 13.9. The molecule has 0 aliphatic heterocycles. The fraction of sp³-hybridized carbons (Fsp3) is 0.273. The molecule has 0 bridgehead atoms. The first-order valence-corrected chi connectivity index (χ1v) is 4.38. The smallest absolute Gasteiger partial charge is 0.269 e. The number of terminal acetylenes is 1. The molecule has 0 spiro atoms. The lowest BCUT2D eigenvalue weighted by molar-refractivity contribution is -0.384. The van der Waals surface area contributed by atoms with Gasteiger partial charge in [0.15, 0.2) is 0 Å². The molecule has 0 aromatic heterocycles. The summed E-state index contributed by atoms with van der Waals surface area (Å²) in [4.78, 5) is 9.91. The van der Waals surface area contributed by atoms with Crippen molar-refractivity contribution in [2.75, 3.05) is 0 Å². The van der Waals surface area contributed by atoms with Crippen molar-refractivity contribution < 1.29 is 10.0 Å². The Balaban J connectivity index is 2.99. The van der Waals surface area contributed by atoms with E-state index in [1.807, 2.05) is 0 Å². The highest BCUT2D eigenvalue weighted by Gasteiger charge is 2.22. The van der Waals surface area contributed by atoms with Gasteiger partial charge in [-0.3, -0.25) is 10.1 Å². The van der Waals surface area contributed by atoms with Crippen molar-refractivity contribution in [3.05, 3.63) is 39.9 Å². The van der Waals surface area contributed by atoms with E-state index < -0.39 is 10.5 Å². The Morgan fingerprint density at radius 3 is 2.47 bits per heavy atom. The van der Waals surface area contributed by atoms with E-state index >= 15 is 0 Å². The Morgan fingerprint density at radius 2 is 2.07 bits per heavy atom. The summed E-state index contributed by atoms with van der Waals surface area (Å²) in [5.74, 6) is 2.36. The molecular weight excluding hydrogens is 194 g/mol. The van der Waals surface area contributed by atoms with E-state index in [-0.39, 0.29) is 12.1 Å². The van der Waals surface area contributed by atoms with Gasteiger partial charge < -0.3 is 5.11 Å². The summed E-state index contributed by atoms with van der Waals surface area (Å²) in [7, 11) is 0. The molecule has 0 unspecified atom stereocenters. The zero-order valence-electron chi connectivity index (χ0n) is 8.30. The minimum Gasteiger partial charge on any atom is -0.384 e. The van der Waals surface area contributed by atoms with Crippen LogP contribution in [0.3, 0.4) is 0 Å². The van der Waals surface area contributed by atoms with Gasteiger partial charge in [0.05, 0.1) is 10.5 Å². The highest BCUT2D eigenvalue weighted by Crippen LogP contribution is 2.25. The maximum atomic E-state index is 10.4. The van der Waals surface area contributed by atoms with Crippen LogP contribution < -0.4 is 0 Å². The lowest BCUT2D eigenvalue weighted by Gasteiger charge is -2.20. The van der Waals surface area contributed by atoms with Gasteiger partial charge >= 0.3 is 0 Å². The Kier molecular flexibility index (Phi) is 3.08. The third-order valence-corrected chi connectivity index (χ3v) is 2.15. The van der Waals surface area contributed by atoms with Crippen LogP contribution >= 0.6 is 0 Å². The Labute approximate surface area is 87.7 Å². The van der Waals surface area contributed by atoms with Gasteiger partial charge in [0.2, 0.25) is 0 Å². The van der Waals surface area contributed by atoms with Crippen molar-refractivity contribution in [2.45, 2.75) is 18.9 Å². The average molecular weight is 205 g/mol. The molecule has 0 radical (unpaired) electrons. The van der Waals surface area contributed by atoms with Gasteiger partial charge in [0.25, 0.3) is 5.69 Å². The molecular formula is C11H11NO3. The van der Waals surface area contributed by atoms with Crippen LogP contribution in [0.15, 0.2) is 24.3 Å². The summed E-state index contributed by atoms with van der Waals surface area (Å²) < 4.78 is 0. The molecule has 4 heteroatoms. The highest BCUT2D eigenvalue weighted by atomic mass is 16.6. The van der Waals surface area contributed by atoms with Gasteiger partial charge in [0.1, 0.15) is 0 Å². The van der Waals surface area contributed by atoms with Crippen molar-refractivity contribution in [1.82, 2.24) is 0 Å². The zero-order chi connectivity index (χ0) is 11.5. The fourth-order valence-corrected chi connectivity index (χ4v) is 1.24. The highest BCUT2D eigenvalue weighted by molar-refractivity contribution is 5.35. The molecule has 1 aromatic carbocycles. The number of non-ortho nitro benzene ring substituents is 1. The summed E-state index contributed by atoms with van der Waals surface area (Å²) in [6.07, 6.45) is 5.28. The van der Waals surface area contributed by atoms with Crippen LogP contribution in [0, 0.1) is 22.5 Å². The SMILES string of the molecule is C#CC[C@](C)(O)c1ccc([N+](=O)[O-])cc1. The van der Waals surface area contributed by atoms with Crippen molar-refractivity contribution >= 4 is 5.69 Å². The number of rotatable bonds is 3. The molecule has 4 nitrogen and oxygen atoms in total. The van der Waals surface area contributed by atoms with E-state index in [9.17, 15) is 15.2 Å². The van der Waals surface area contributed by atoms with Crippen molar-refractivity contribution in [3.8, 4) is 12.3 Å². The number of nitrogens with zero attached hydrogens (tertiary/aromatic N) is 1. The first-order chi connectivity index (χ1) is 6.97. The van der Waals surface area contributed by atoms with Crippen LogP contribution in [0.25, 0.3) is 0 Å². The van der Waals surface area contributed by atoms with E-state index in [1.165, 1.54) is 24.3 Å². The molecule has 0 saturated heterocycles. The monoisotopic (exact) mass is 205 g/mol. The van der Waals surface area contributed by atoms with Crippen molar-refractivity contribution in [1.29, 1.82) is 0 Å². The van der Waals surface area contributed by atoms with E-state index in [0.717, 1.165) is 0 Å². The molecule has 1 rings (SSSR count). The Bertz CT molecular complexity index is 401. The molecule has 0 amide bonds. The van der Waals surface area contributed by atoms with E-state index in [0.29, 0.717) is 5.56 Å². The lowest BCUT2D eigenvalue weighted by atomic mass is 9.93. The third-order valence-electron chi connectivity index (χ3n) is 2.15. The summed E-state index contributed by atoms with van der Waals surface area (Å²) in [6.45, 7) is 1.58. The predicted molar refractivity (Wildman–Crippen MR) is 56.1 cm³/mol. The molecule has 0 aliphatic rings. The number of hydrogen-bond acceptors (Lipinski definition) is 3. The topological polar surface area (TPSA) is 63.4 Å². The first kappa shape index (κ1) is 11.2. The second kappa shape index (κ2) is 4.11. The standard InChI is InChI=1S/C11H11NO3/c1-3-8-11(2,13)9-4-6-10(7-5-9)12(14)15/h1,4-7,13H,8H2,2H3/t11-/m0/s1. The van der Waals surface area contributed by atoms with Crippen LogP contribution in [0.2, 0.25) is 0 Å². The maximum absolute atomic E-state index is 10.4.